The Balaban J connectivity index is 1.80. The summed E-state index contributed by atoms with van der Waals surface area (Å²) in [6, 6.07) is 19.2. The molecule has 1 aliphatic rings. The van der Waals surface area contributed by atoms with Crippen molar-refractivity contribution in [3.8, 4) is 0 Å². The second-order valence-corrected chi connectivity index (χ2v) is 6.88. The first-order chi connectivity index (χ1) is 11.1. The van der Waals surface area contributed by atoms with Gasteiger partial charge in [-0.05, 0) is 57.3 Å². The van der Waals surface area contributed by atoms with Crippen LogP contribution in [-0.2, 0) is 12.8 Å². The lowest BCUT2D eigenvalue weighted by atomic mass is 9.92. The van der Waals surface area contributed by atoms with Gasteiger partial charge in [0.05, 0.1) is 0 Å². The van der Waals surface area contributed by atoms with E-state index in [1.807, 2.05) is 0 Å². The molecule has 0 saturated carbocycles. The van der Waals surface area contributed by atoms with Crippen molar-refractivity contribution < 1.29 is 5.11 Å². The Kier molecular flexibility index (Phi) is 3.46. The number of hydrogen-bond acceptors (Lipinski definition) is 1. The lowest BCUT2D eigenvalue weighted by molar-refractivity contribution is 0.222. The smallest absolute Gasteiger partial charge is 0.105 e. The molecule has 3 aromatic rings. The van der Waals surface area contributed by atoms with E-state index in [4.69, 9.17) is 0 Å². The molecule has 0 radical (unpaired) electrons. The third-order valence-corrected chi connectivity index (χ3v) is 5.12. The van der Waals surface area contributed by atoms with Gasteiger partial charge in [0.15, 0.2) is 0 Å². The van der Waals surface area contributed by atoms with Crippen LogP contribution < -0.4 is 0 Å². The molecule has 1 nitrogen and oxygen atoms in total. The van der Waals surface area contributed by atoms with Gasteiger partial charge in [-0.3, -0.25) is 0 Å². The van der Waals surface area contributed by atoms with Crippen LogP contribution in [0.1, 0.15) is 53.7 Å². The number of aryl methyl sites for hydroxylation is 2. The molecule has 0 amide bonds. The molecule has 0 bridgehead atoms. The van der Waals surface area contributed by atoms with E-state index >= 15 is 0 Å². The van der Waals surface area contributed by atoms with Crippen LogP contribution in [0.2, 0.25) is 0 Å². The average Bonchev–Trinajstić information content (AvgIpc) is 3.00. The van der Waals surface area contributed by atoms with Gasteiger partial charge in [0.1, 0.15) is 6.10 Å². The highest BCUT2D eigenvalue weighted by Gasteiger charge is 2.19. The molecule has 23 heavy (non-hydrogen) atoms. The van der Waals surface area contributed by atoms with E-state index in [0.29, 0.717) is 5.92 Å². The standard InChI is InChI=1S/C22H22O/c1-14(2)15-6-10-18(11-7-15)22(23)20-13-12-17-9-8-16-4-3-5-19(20)21(16)17/h3-7,10-14,22-23H,8-9H2,1-2H3/t22-/m1/s1. The number of benzene rings is 3. The van der Waals surface area contributed by atoms with Crippen LogP contribution >= 0.6 is 0 Å². The SMILES string of the molecule is CC(C)c1ccc([C@@H](O)c2ccc3c4c(cccc24)CC3)cc1. The van der Waals surface area contributed by atoms with Crippen molar-refractivity contribution in [3.05, 3.63) is 82.4 Å². The van der Waals surface area contributed by atoms with Crippen molar-refractivity contribution in [2.24, 2.45) is 0 Å². The predicted molar refractivity (Wildman–Crippen MR) is 95.9 cm³/mol. The van der Waals surface area contributed by atoms with Crippen molar-refractivity contribution in [1.82, 2.24) is 0 Å². The summed E-state index contributed by atoms with van der Waals surface area (Å²) in [5.74, 6) is 0.512. The maximum atomic E-state index is 10.9. The van der Waals surface area contributed by atoms with Crippen LogP contribution in [0.15, 0.2) is 54.6 Å². The summed E-state index contributed by atoms with van der Waals surface area (Å²) in [4.78, 5) is 0. The first-order valence-corrected chi connectivity index (χ1v) is 8.46. The summed E-state index contributed by atoms with van der Waals surface area (Å²) in [6.45, 7) is 4.38. The van der Waals surface area contributed by atoms with E-state index in [1.54, 1.807) is 0 Å². The van der Waals surface area contributed by atoms with Gasteiger partial charge in [-0.25, -0.2) is 0 Å². The first-order valence-electron chi connectivity index (χ1n) is 8.46. The predicted octanol–water partition coefficient (Wildman–Crippen LogP) is 5.14. The molecule has 1 aliphatic carbocycles. The summed E-state index contributed by atoms with van der Waals surface area (Å²) < 4.78 is 0. The first kappa shape index (κ1) is 14.5. The van der Waals surface area contributed by atoms with E-state index in [9.17, 15) is 5.11 Å². The normalized spacial score (nSPS) is 14.6. The van der Waals surface area contributed by atoms with Gasteiger partial charge >= 0.3 is 0 Å². The maximum Gasteiger partial charge on any atom is 0.105 e. The van der Waals surface area contributed by atoms with E-state index in [-0.39, 0.29) is 0 Å². The lowest BCUT2D eigenvalue weighted by Crippen LogP contribution is -2.01. The lowest BCUT2D eigenvalue weighted by Gasteiger charge is -2.16. The highest BCUT2D eigenvalue weighted by Crippen LogP contribution is 2.36. The molecule has 0 heterocycles. The molecular weight excluding hydrogens is 280 g/mol. The molecule has 1 N–H and O–H groups in total. The molecule has 0 unspecified atom stereocenters. The van der Waals surface area contributed by atoms with Crippen molar-refractivity contribution in [2.45, 2.75) is 38.7 Å². The third-order valence-electron chi connectivity index (χ3n) is 5.12. The van der Waals surface area contributed by atoms with Crippen molar-refractivity contribution in [2.75, 3.05) is 0 Å². The summed E-state index contributed by atoms with van der Waals surface area (Å²) in [5.41, 5.74) is 6.13. The van der Waals surface area contributed by atoms with E-state index in [1.165, 1.54) is 27.5 Å². The second-order valence-electron chi connectivity index (χ2n) is 6.88. The number of aliphatic hydroxyl groups excluding tert-OH is 1. The highest BCUT2D eigenvalue weighted by molar-refractivity contribution is 5.93. The molecule has 1 heteroatoms. The number of rotatable bonds is 3. The number of hydrogen-bond donors (Lipinski definition) is 1. The monoisotopic (exact) mass is 302 g/mol. The van der Waals surface area contributed by atoms with Crippen LogP contribution in [0.5, 0.6) is 0 Å². The van der Waals surface area contributed by atoms with E-state index < -0.39 is 6.10 Å². The zero-order chi connectivity index (χ0) is 16.0. The Morgan fingerprint density at radius 2 is 1.43 bits per heavy atom. The summed E-state index contributed by atoms with van der Waals surface area (Å²) in [7, 11) is 0. The quantitative estimate of drug-likeness (QED) is 0.710. The Labute approximate surface area is 137 Å². The third kappa shape index (κ3) is 2.36. The fourth-order valence-electron chi connectivity index (χ4n) is 3.75. The average molecular weight is 302 g/mol. The molecule has 0 saturated heterocycles. The number of aliphatic hydroxyl groups is 1. The molecule has 0 fully saturated rings. The molecule has 3 aromatic carbocycles. The molecule has 0 aliphatic heterocycles. The zero-order valence-electron chi connectivity index (χ0n) is 13.7. The summed E-state index contributed by atoms with van der Waals surface area (Å²) >= 11 is 0. The Bertz CT molecular complexity index is 849. The minimum Gasteiger partial charge on any atom is -0.384 e. The Hall–Kier alpha value is -2.12. The maximum absolute atomic E-state index is 10.9. The molecule has 0 spiro atoms. The van der Waals surface area contributed by atoms with Gasteiger partial charge in [-0.1, -0.05) is 68.4 Å². The van der Waals surface area contributed by atoms with Crippen LogP contribution in [0, 0.1) is 0 Å². The van der Waals surface area contributed by atoms with Gasteiger partial charge in [0.25, 0.3) is 0 Å². The second kappa shape index (κ2) is 5.50. The van der Waals surface area contributed by atoms with Gasteiger partial charge in [0.2, 0.25) is 0 Å². The minimum atomic E-state index is -0.568. The fraction of sp³-hybridized carbons (Fsp3) is 0.273. The summed E-state index contributed by atoms with van der Waals surface area (Å²) in [6.07, 6.45) is 1.67. The van der Waals surface area contributed by atoms with Gasteiger partial charge in [-0.2, -0.15) is 0 Å². The minimum absolute atomic E-state index is 0.512. The van der Waals surface area contributed by atoms with E-state index in [2.05, 4.69) is 68.4 Å². The van der Waals surface area contributed by atoms with E-state index in [0.717, 1.165) is 24.0 Å². The van der Waals surface area contributed by atoms with Crippen LogP contribution in [0.25, 0.3) is 10.8 Å². The van der Waals surface area contributed by atoms with Gasteiger partial charge < -0.3 is 5.11 Å². The van der Waals surface area contributed by atoms with Crippen LogP contribution in [0.3, 0.4) is 0 Å². The Morgan fingerprint density at radius 1 is 0.783 bits per heavy atom. The molecule has 4 rings (SSSR count). The highest BCUT2D eigenvalue weighted by atomic mass is 16.3. The van der Waals surface area contributed by atoms with Crippen LogP contribution in [0.4, 0.5) is 0 Å². The van der Waals surface area contributed by atoms with Gasteiger partial charge in [-0.15, -0.1) is 0 Å². The molecule has 1 atom stereocenters. The molecular formula is C22H22O. The van der Waals surface area contributed by atoms with Crippen molar-refractivity contribution >= 4 is 10.8 Å². The molecule has 0 aromatic heterocycles. The van der Waals surface area contributed by atoms with Gasteiger partial charge in [0, 0.05) is 0 Å². The topological polar surface area (TPSA) is 20.2 Å². The van der Waals surface area contributed by atoms with Crippen molar-refractivity contribution in [3.63, 3.8) is 0 Å². The zero-order valence-corrected chi connectivity index (χ0v) is 13.7. The summed E-state index contributed by atoms with van der Waals surface area (Å²) in [5, 5.41) is 13.5. The Morgan fingerprint density at radius 3 is 2.13 bits per heavy atom. The molecule has 116 valence electrons. The van der Waals surface area contributed by atoms with Crippen LogP contribution in [-0.4, -0.2) is 5.11 Å². The van der Waals surface area contributed by atoms with Crippen molar-refractivity contribution in [1.29, 1.82) is 0 Å². The largest absolute Gasteiger partial charge is 0.384 e. The fourth-order valence-corrected chi connectivity index (χ4v) is 3.75.